The van der Waals surface area contributed by atoms with E-state index in [-0.39, 0.29) is 86.8 Å². The van der Waals surface area contributed by atoms with Crippen LogP contribution in [0.25, 0.3) is 0 Å². The van der Waals surface area contributed by atoms with E-state index in [0.29, 0.717) is 22.6 Å². The first kappa shape index (κ1) is 61.4. The maximum absolute atomic E-state index is 14.6. The van der Waals surface area contributed by atoms with Crippen LogP contribution in [0.2, 0.25) is 0 Å². The molecule has 0 aromatic heterocycles. The number of hydrogen-bond acceptors (Lipinski definition) is 11. The average Bonchev–Trinajstić information content (AvgIpc) is 3.61. The largest absolute Gasteiger partial charge is 0.457 e. The summed E-state index contributed by atoms with van der Waals surface area (Å²) in [5.41, 5.74) is 3.67. The Morgan fingerprint density at radius 1 is 0.506 bits per heavy atom. The van der Waals surface area contributed by atoms with Crippen molar-refractivity contribution in [2.45, 2.75) is 142 Å². The topological polar surface area (TPSA) is 231 Å². The van der Waals surface area contributed by atoms with Crippen molar-refractivity contribution in [3.8, 4) is 11.5 Å². The normalized spacial score (nSPS) is 20.5. The van der Waals surface area contributed by atoms with E-state index in [0.717, 1.165) is 60.8 Å². The number of benzene rings is 4. The van der Waals surface area contributed by atoms with Crippen molar-refractivity contribution < 1.29 is 43.1 Å². The van der Waals surface area contributed by atoms with E-state index in [2.05, 4.69) is 44.0 Å². The first-order valence-corrected chi connectivity index (χ1v) is 29.3. The Labute approximate surface area is 488 Å². The average molecular weight is 1140 g/mol. The molecule has 4 aliphatic rings. The van der Waals surface area contributed by atoms with Crippen LogP contribution in [-0.4, -0.2) is 156 Å². The van der Waals surface area contributed by atoms with Crippen LogP contribution in [0, 0.1) is 10.8 Å². The van der Waals surface area contributed by atoms with Gasteiger partial charge in [0, 0.05) is 37.3 Å². The number of fused-ring (bicyclic) bond motifs is 2. The highest BCUT2D eigenvalue weighted by Crippen LogP contribution is 2.33. The summed E-state index contributed by atoms with van der Waals surface area (Å²) in [4.78, 5) is 120. The SMILES string of the molecule is CN[C@@H](C)C(=O)N[C@H](C(=O)N1CCN(C(=O)c2ccc(Oc3ccc(C(=O)N4CCN(C(=O)[C@@H](NC(=O)[C@H](C)NC)C(C)(C)C)[C@H](C(=O)N[C@@H]5CCCc6ccccc65)C4)cc3)cc2)C[C@H]1C(=O)N[C@@H]1CCCc2ccccc21)C(C)(C)C. The fourth-order valence-electron chi connectivity index (χ4n) is 11.5. The van der Waals surface area contributed by atoms with E-state index in [9.17, 15) is 38.4 Å². The molecule has 2 heterocycles. The Balaban J connectivity index is 0.948. The number of likely N-dealkylation sites (N-methyl/N-ethyl adjacent to an activating group) is 2. The second kappa shape index (κ2) is 26.3. The Kier molecular flexibility index (Phi) is 19.5. The summed E-state index contributed by atoms with van der Waals surface area (Å²) in [6.45, 7) is 14.9. The third-order valence-electron chi connectivity index (χ3n) is 16.8. The number of ether oxygens (including phenoxy) is 1. The van der Waals surface area contributed by atoms with Gasteiger partial charge >= 0.3 is 0 Å². The van der Waals surface area contributed by atoms with Crippen molar-refractivity contribution in [2.75, 3.05) is 53.4 Å². The number of nitrogens with one attached hydrogen (secondary N) is 6. The number of carbonyl (C=O) groups excluding carboxylic acids is 8. The molecule has 8 amide bonds. The van der Waals surface area contributed by atoms with Crippen LogP contribution in [0.5, 0.6) is 11.5 Å². The van der Waals surface area contributed by atoms with Gasteiger partial charge in [0.15, 0.2) is 0 Å². The van der Waals surface area contributed by atoms with Crippen molar-refractivity contribution in [3.05, 3.63) is 130 Å². The highest BCUT2D eigenvalue weighted by molar-refractivity contribution is 5.99. The van der Waals surface area contributed by atoms with Gasteiger partial charge in [-0.05, 0) is 148 Å². The molecule has 444 valence electrons. The van der Waals surface area contributed by atoms with Crippen molar-refractivity contribution in [3.63, 3.8) is 0 Å². The van der Waals surface area contributed by atoms with Crippen LogP contribution in [0.4, 0.5) is 0 Å². The first-order valence-electron chi connectivity index (χ1n) is 29.3. The molecule has 0 radical (unpaired) electrons. The molecule has 2 aliphatic carbocycles. The van der Waals surface area contributed by atoms with Crippen molar-refractivity contribution in [1.82, 2.24) is 51.5 Å². The molecule has 6 N–H and O–H groups in total. The smallest absolute Gasteiger partial charge is 0.254 e. The Bertz CT molecular complexity index is 2830. The maximum Gasteiger partial charge on any atom is 0.254 e. The van der Waals surface area contributed by atoms with Gasteiger partial charge in [-0.2, -0.15) is 0 Å². The number of nitrogens with zero attached hydrogens (tertiary/aromatic N) is 4. The van der Waals surface area contributed by atoms with E-state index in [4.69, 9.17) is 4.74 Å². The Morgan fingerprint density at radius 3 is 1.22 bits per heavy atom. The van der Waals surface area contributed by atoms with Crippen LogP contribution in [0.15, 0.2) is 97.1 Å². The highest BCUT2D eigenvalue weighted by Gasteiger charge is 2.46. The lowest BCUT2D eigenvalue weighted by molar-refractivity contribution is -0.148. The molecule has 4 aromatic rings. The highest BCUT2D eigenvalue weighted by atomic mass is 16.5. The molecular formula is C64H84N10O9. The van der Waals surface area contributed by atoms with Gasteiger partial charge in [-0.3, -0.25) is 38.4 Å². The summed E-state index contributed by atoms with van der Waals surface area (Å²) in [7, 11) is 3.33. The van der Waals surface area contributed by atoms with Crippen LogP contribution in [0.3, 0.4) is 0 Å². The molecule has 19 heteroatoms. The van der Waals surface area contributed by atoms with Gasteiger partial charge < -0.3 is 56.2 Å². The first-order chi connectivity index (χ1) is 39.5. The van der Waals surface area contributed by atoms with Gasteiger partial charge in [-0.1, -0.05) is 90.1 Å². The second-order valence-electron chi connectivity index (χ2n) is 24.7. The number of hydrogen-bond donors (Lipinski definition) is 6. The summed E-state index contributed by atoms with van der Waals surface area (Å²) in [5.74, 6) is -2.09. The molecular weight excluding hydrogens is 1050 g/mol. The van der Waals surface area contributed by atoms with Crippen molar-refractivity contribution >= 4 is 47.3 Å². The summed E-state index contributed by atoms with van der Waals surface area (Å²) in [5, 5.41) is 18.2. The zero-order valence-corrected chi connectivity index (χ0v) is 49.8. The van der Waals surface area contributed by atoms with Crippen LogP contribution >= 0.6 is 0 Å². The molecule has 83 heavy (non-hydrogen) atoms. The molecule has 8 atom stereocenters. The Morgan fingerprint density at radius 2 is 0.867 bits per heavy atom. The number of rotatable bonds is 16. The van der Waals surface area contributed by atoms with E-state index < -0.39 is 58.9 Å². The van der Waals surface area contributed by atoms with Crippen molar-refractivity contribution in [2.24, 2.45) is 10.8 Å². The zero-order chi connectivity index (χ0) is 59.9. The van der Waals surface area contributed by atoms with Crippen molar-refractivity contribution in [1.29, 1.82) is 0 Å². The van der Waals surface area contributed by atoms with E-state index in [1.165, 1.54) is 9.80 Å². The molecule has 0 saturated carbocycles. The summed E-state index contributed by atoms with van der Waals surface area (Å²) in [6, 6.07) is 23.6. The minimum absolute atomic E-state index is 0.0605. The maximum atomic E-state index is 14.6. The fraction of sp³-hybridized carbons (Fsp3) is 0.500. The van der Waals surface area contributed by atoms with Gasteiger partial charge in [0.1, 0.15) is 35.7 Å². The fourth-order valence-corrected chi connectivity index (χ4v) is 11.5. The lowest BCUT2D eigenvalue weighted by Gasteiger charge is -2.44. The van der Waals surface area contributed by atoms with Crippen LogP contribution < -0.4 is 36.6 Å². The predicted octanol–water partition coefficient (Wildman–Crippen LogP) is 5.45. The number of piperazine rings is 2. The third-order valence-corrected chi connectivity index (χ3v) is 16.8. The van der Waals surface area contributed by atoms with Gasteiger partial charge in [0.05, 0.1) is 37.3 Å². The second-order valence-corrected chi connectivity index (χ2v) is 24.7. The van der Waals surface area contributed by atoms with Crippen LogP contribution in [0.1, 0.15) is 136 Å². The Hall–Kier alpha value is -7.64. The molecule has 0 spiro atoms. The van der Waals surface area contributed by atoms with E-state index in [1.54, 1.807) is 86.3 Å². The summed E-state index contributed by atoms with van der Waals surface area (Å²) >= 11 is 0. The number of amides is 8. The lowest BCUT2D eigenvalue weighted by Crippen LogP contribution is -2.66. The molecule has 2 fully saturated rings. The van der Waals surface area contributed by atoms with E-state index >= 15 is 0 Å². The molecule has 0 bridgehead atoms. The standard InChI is InChI=1S/C64H84N10O9/c1-39(65-9)55(75)69-53(63(3,4)5)61(81)73-35-33-71(37-51(73)57(77)67-49-23-15-19-41-17-11-13-21-47(41)49)59(79)43-25-29-45(30-26-43)83-46-31-27-44(28-32-46)60(80)72-34-36-74(62(82)54(64(6,7)8)70-56(76)40(2)66-10)52(38-72)58(78)68-50-24-16-20-42-18-12-14-22-48(42)50/h11-14,17-18,21-22,25-32,39-40,49-54,65-66H,15-16,19-20,23-24,33-38H2,1-10H3,(H,67,77)(H,68,78)(H,69,75)(H,70,76)/t39-,40-,49+,50+,51-,52-,53+,54+/m0/s1. The molecule has 19 nitrogen and oxygen atoms in total. The zero-order valence-electron chi connectivity index (χ0n) is 49.8. The van der Waals surface area contributed by atoms with Crippen LogP contribution in [-0.2, 0) is 41.6 Å². The minimum atomic E-state index is -1.05. The van der Waals surface area contributed by atoms with E-state index in [1.807, 2.05) is 77.9 Å². The molecule has 4 aromatic carbocycles. The summed E-state index contributed by atoms with van der Waals surface area (Å²) in [6.07, 6.45) is 5.04. The van der Waals surface area contributed by atoms with Gasteiger partial charge in [0.25, 0.3) is 11.8 Å². The minimum Gasteiger partial charge on any atom is -0.457 e. The quantitative estimate of drug-likeness (QED) is 0.0827. The number of carbonyl (C=O) groups is 8. The summed E-state index contributed by atoms with van der Waals surface area (Å²) < 4.78 is 6.20. The number of aryl methyl sites for hydroxylation is 2. The van der Waals surface area contributed by atoms with Gasteiger partial charge in [-0.25, -0.2) is 0 Å². The predicted molar refractivity (Wildman–Crippen MR) is 316 cm³/mol. The third kappa shape index (κ3) is 14.4. The lowest BCUT2D eigenvalue weighted by atomic mass is 9.85. The monoisotopic (exact) mass is 1140 g/mol. The molecule has 0 unspecified atom stereocenters. The van der Waals surface area contributed by atoms with Gasteiger partial charge in [0.2, 0.25) is 35.4 Å². The molecule has 2 saturated heterocycles. The molecule has 8 rings (SSSR count). The molecule has 2 aliphatic heterocycles. The van der Waals surface area contributed by atoms with Gasteiger partial charge in [-0.15, -0.1) is 0 Å².